The van der Waals surface area contributed by atoms with E-state index in [1.165, 1.54) is 7.11 Å². The van der Waals surface area contributed by atoms with Crippen molar-refractivity contribution in [1.82, 2.24) is 0 Å². The van der Waals surface area contributed by atoms with Gasteiger partial charge in [-0.3, -0.25) is 4.79 Å². The number of esters is 1. The van der Waals surface area contributed by atoms with E-state index in [-0.39, 0.29) is 69.5 Å². The summed E-state index contributed by atoms with van der Waals surface area (Å²) in [4.78, 5) is 10.9. The molecule has 0 radical (unpaired) electrons. The van der Waals surface area contributed by atoms with E-state index >= 15 is 0 Å². The fraction of sp³-hybridized carbons (Fsp3) is 0.222. The number of carbonyl (C=O) groups is 1. The van der Waals surface area contributed by atoms with E-state index < -0.39 is 21.1 Å². The number of hydrogen-bond donors (Lipinski definition) is 1. The molecule has 0 amide bonds. The maximum atomic E-state index is 10.9. The van der Waals surface area contributed by atoms with Crippen molar-refractivity contribution in [3.63, 3.8) is 0 Å². The molecule has 0 bridgehead atoms. The number of hydrogen-bond acceptors (Lipinski definition) is 6. The van der Waals surface area contributed by atoms with E-state index in [0.29, 0.717) is 0 Å². The molecule has 0 saturated carbocycles. The minimum absolute atomic E-state index is 0. The molecular weight excluding hydrogens is 497 g/mol. The second-order valence-corrected chi connectivity index (χ2v) is 4.97. The summed E-state index contributed by atoms with van der Waals surface area (Å²) in [7, 11) is 1.35. The first-order valence-corrected chi connectivity index (χ1v) is 7.86. The molecule has 1 N–H and O–H groups in total. The summed E-state index contributed by atoms with van der Waals surface area (Å²) >= 11 is -2.01. The van der Waals surface area contributed by atoms with Crippen molar-refractivity contribution >= 4 is 28.6 Å². The maximum Gasteiger partial charge on any atom is 1.00 e. The molecule has 18 heavy (non-hydrogen) atoms. The predicted octanol–water partition coefficient (Wildman–Crippen LogP) is -7.85. The van der Waals surface area contributed by atoms with Crippen molar-refractivity contribution in [2.75, 3.05) is 7.11 Å². The van der Waals surface area contributed by atoms with Gasteiger partial charge in [-0.1, -0.05) is 6.07 Å². The van der Waals surface area contributed by atoms with Crippen LogP contribution in [0.3, 0.4) is 0 Å². The van der Waals surface area contributed by atoms with Crippen molar-refractivity contribution in [1.29, 1.82) is 0 Å². The Labute approximate surface area is 169 Å². The van der Waals surface area contributed by atoms with Crippen LogP contribution in [0.4, 0.5) is 0 Å². The van der Waals surface area contributed by atoms with Crippen molar-refractivity contribution < 1.29 is 97.4 Å². The van der Waals surface area contributed by atoms with Crippen molar-refractivity contribution in [2.24, 2.45) is 0 Å². The number of carbonyl (C=O) groups excluding carboxylic acids is 1. The third-order valence-corrected chi connectivity index (χ3v) is 2.45. The average Bonchev–Trinajstić information content (AvgIpc) is 2.22. The van der Waals surface area contributed by atoms with Gasteiger partial charge in [-0.25, -0.2) is 0 Å². The molecule has 0 saturated heterocycles. The fourth-order valence-electron chi connectivity index (χ4n) is 0.899. The van der Waals surface area contributed by atoms with Gasteiger partial charge in [0.15, 0.2) is 0 Å². The Morgan fingerprint density at radius 3 is 2.33 bits per heavy atom. The summed E-state index contributed by atoms with van der Waals surface area (Å²) in [6.45, 7) is 0. The van der Waals surface area contributed by atoms with Crippen LogP contribution >= 0.6 is 22.6 Å². The van der Waals surface area contributed by atoms with E-state index in [1.807, 2.05) is 22.6 Å². The van der Waals surface area contributed by atoms with Gasteiger partial charge in [0.25, 0.3) is 21.1 Å². The number of aromatic hydroxyl groups is 1. The normalized spacial score (nSPS) is 9.00. The molecule has 0 spiro atoms. The third kappa shape index (κ3) is 11.3. The molecule has 0 aromatic heterocycles. The van der Waals surface area contributed by atoms with E-state index in [4.69, 9.17) is 10.3 Å². The van der Waals surface area contributed by atoms with Gasteiger partial charge in [0, 0.05) is 0 Å². The van der Waals surface area contributed by atoms with E-state index in [0.717, 1.165) is 9.13 Å². The number of phenols is 1. The number of rotatable bonds is 2. The molecule has 0 aliphatic heterocycles. The first-order chi connectivity index (χ1) is 7.86. The topological polar surface area (TPSA) is 116 Å². The predicted molar refractivity (Wildman–Crippen MR) is 56.5 cm³/mol. The standard InChI is InChI=1S/C9H9IO3.IO3.K/c1-13-9(12)5-6-2-3-8(11)7(10)4-6;2-1(3)4;/h2-4,11H,5H2,1H3;;/q;-1;+1. The molecule has 0 heterocycles. The zero-order chi connectivity index (χ0) is 13.4. The first-order valence-electron chi connectivity index (χ1n) is 4.14. The van der Waals surface area contributed by atoms with Crippen LogP contribution in [0.2, 0.25) is 0 Å². The molecule has 0 aliphatic carbocycles. The number of benzene rings is 1. The van der Waals surface area contributed by atoms with Gasteiger partial charge in [0.05, 0.1) is 17.1 Å². The molecule has 1 rings (SSSR count). The van der Waals surface area contributed by atoms with Gasteiger partial charge in [0.2, 0.25) is 0 Å². The Balaban J connectivity index is 0. The Morgan fingerprint density at radius 1 is 1.44 bits per heavy atom. The zero-order valence-corrected chi connectivity index (χ0v) is 17.1. The van der Waals surface area contributed by atoms with E-state index in [1.54, 1.807) is 18.2 Å². The SMILES string of the molecule is COC(=O)Cc1ccc(O)c(I)c1.[K+].[O-][I+2]([O-])[O-]. The van der Waals surface area contributed by atoms with Crippen LogP contribution in [0, 0.1) is 3.57 Å². The minimum Gasteiger partial charge on any atom is -0.507 e. The quantitative estimate of drug-likeness (QED) is 0.242. The van der Waals surface area contributed by atoms with Gasteiger partial charge < -0.3 is 20.2 Å². The minimum atomic E-state index is -4.01. The Kier molecular flexibility index (Phi) is 14.8. The number of methoxy groups -OCH3 is 1. The maximum absolute atomic E-state index is 10.9. The fourth-order valence-corrected chi connectivity index (χ4v) is 1.48. The van der Waals surface area contributed by atoms with Crippen molar-refractivity contribution in [3.8, 4) is 5.75 Å². The second-order valence-electron chi connectivity index (χ2n) is 2.73. The van der Waals surface area contributed by atoms with Gasteiger partial charge in [-0.05, 0) is 40.3 Å². The molecular formula is C9H9I2KO6. The Bertz CT molecular complexity index is 371. The van der Waals surface area contributed by atoms with Gasteiger partial charge in [-0.15, -0.1) is 0 Å². The Hall–Kier alpha value is 1.47. The van der Waals surface area contributed by atoms with Crippen LogP contribution in [-0.4, -0.2) is 18.2 Å². The second kappa shape index (κ2) is 12.2. The summed E-state index contributed by atoms with van der Waals surface area (Å²) in [6, 6.07) is 5.03. The van der Waals surface area contributed by atoms with Crippen LogP contribution in [0.5, 0.6) is 5.75 Å². The molecule has 6 nitrogen and oxygen atoms in total. The van der Waals surface area contributed by atoms with Crippen LogP contribution in [0.15, 0.2) is 18.2 Å². The largest absolute Gasteiger partial charge is 1.00 e. The summed E-state index contributed by atoms with van der Waals surface area (Å²) < 4.78 is 31.0. The smallest absolute Gasteiger partial charge is 0.507 e. The summed E-state index contributed by atoms with van der Waals surface area (Å²) in [5.41, 5.74) is 0.842. The average molecular weight is 506 g/mol. The summed E-state index contributed by atoms with van der Waals surface area (Å²) in [6.07, 6.45) is 0.243. The molecule has 1 aromatic rings. The van der Waals surface area contributed by atoms with Gasteiger partial charge in [0.1, 0.15) is 5.75 Å². The molecule has 96 valence electrons. The van der Waals surface area contributed by atoms with Crippen molar-refractivity contribution in [2.45, 2.75) is 6.42 Å². The zero-order valence-electron chi connectivity index (χ0n) is 9.68. The Morgan fingerprint density at radius 2 is 1.94 bits per heavy atom. The number of phenolic OH excluding ortho intramolecular Hbond substituents is 1. The van der Waals surface area contributed by atoms with Crippen LogP contribution < -0.4 is 82.8 Å². The van der Waals surface area contributed by atoms with Crippen molar-refractivity contribution in [3.05, 3.63) is 27.3 Å². The number of ether oxygens (including phenoxy) is 1. The molecule has 0 unspecified atom stereocenters. The van der Waals surface area contributed by atoms with E-state index in [9.17, 15) is 9.90 Å². The molecule has 1 aromatic carbocycles. The third-order valence-electron chi connectivity index (χ3n) is 1.59. The monoisotopic (exact) mass is 506 g/mol. The number of halogens is 2. The molecule has 9 heteroatoms. The van der Waals surface area contributed by atoms with Crippen LogP contribution in [0.1, 0.15) is 5.56 Å². The molecule has 0 atom stereocenters. The van der Waals surface area contributed by atoms with Gasteiger partial charge in [-0.2, -0.15) is 0 Å². The summed E-state index contributed by atoms with van der Waals surface area (Å²) in [5, 5.41) is 9.21. The summed E-state index contributed by atoms with van der Waals surface area (Å²) in [5.74, 6) is -0.0456. The first kappa shape index (κ1) is 21.8. The van der Waals surface area contributed by atoms with Crippen LogP contribution in [-0.2, 0) is 16.0 Å². The molecule has 0 fully saturated rings. The van der Waals surface area contributed by atoms with Gasteiger partial charge >= 0.3 is 57.4 Å². The molecule has 0 aliphatic rings. The van der Waals surface area contributed by atoms with E-state index in [2.05, 4.69) is 4.74 Å². The van der Waals surface area contributed by atoms with Crippen LogP contribution in [0.25, 0.3) is 0 Å².